The van der Waals surface area contributed by atoms with Crippen LogP contribution in [0.4, 0.5) is 13.2 Å². The van der Waals surface area contributed by atoms with Gasteiger partial charge in [-0.15, -0.1) is 29.6 Å². The van der Waals surface area contributed by atoms with E-state index < -0.39 is 18.2 Å². The van der Waals surface area contributed by atoms with Crippen molar-refractivity contribution in [3.8, 4) is 17.5 Å². The van der Waals surface area contributed by atoms with Crippen LogP contribution in [0.1, 0.15) is 46.7 Å². The Labute approximate surface area is 176 Å². The summed E-state index contributed by atoms with van der Waals surface area (Å²) in [6.45, 7) is 0. The zero-order chi connectivity index (χ0) is 21.8. The standard InChI is InChI=1S/C19H13F3N6O2S/c20-19(21,22)30-14-4-3-12(5-11(14)6-23)28-8-13(25-26-28)17(29)16-18(10-1-2-10)31-15-7-24-9-27(15)16/h3-5,7-10,17,29H,1-2H2. The number of halogens is 3. The molecule has 3 aromatic heterocycles. The SMILES string of the molecule is N#Cc1cc(-n2cc(C(O)c3c(C4CC4)sc4cncn34)nn2)ccc1OC(F)(F)F. The van der Waals surface area contributed by atoms with Crippen LogP contribution in [0.2, 0.25) is 0 Å². The van der Waals surface area contributed by atoms with Crippen LogP contribution >= 0.6 is 11.3 Å². The van der Waals surface area contributed by atoms with Gasteiger partial charge in [-0.3, -0.25) is 4.40 Å². The van der Waals surface area contributed by atoms with Crippen molar-refractivity contribution >= 4 is 16.2 Å². The summed E-state index contributed by atoms with van der Waals surface area (Å²) >= 11 is 1.58. The van der Waals surface area contributed by atoms with Crippen molar-refractivity contribution in [3.63, 3.8) is 0 Å². The van der Waals surface area contributed by atoms with Gasteiger partial charge < -0.3 is 9.84 Å². The summed E-state index contributed by atoms with van der Waals surface area (Å²) in [6, 6.07) is 5.25. The Morgan fingerprint density at radius 3 is 2.84 bits per heavy atom. The number of aromatic nitrogens is 5. The van der Waals surface area contributed by atoms with Crippen LogP contribution in [0.15, 0.2) is 36.9 Å². The minimum Gasteiger partial charge on any atom is -0.404 e. The van der Waals surface area contributed by atoms with Crippen LogP contribution in [0.5, 0.6) is 5.75 Å². The fourth-order valence-electron chi connectivity index (χ4n) is 3.36. The number of aliphatic hydroxyl groups is 1. The molecular formula is C19H13F3N6O2S. The van der Waals surface area contributed by atoms with Gasteiger partial charge in [0, 0.05) is 4.88 Å². The second-order valence-electron chi connectivity index (χ2n) is 7.06. The van der Waals surface area contributed by atoms with Crippen molar-refractivity contribution in [2.75, 3.05) is 0 Å². The van der Waals surface area contributed by atoms with Gasteiger partial charge in [-0.1, -0.05) is 5.21 Å². The molecule has 1 unspecified atom stereocenters. The molecule has 0 amide bonds. The zero-order valence-electron chi connectivity index (χ0n) is 15.6. The first-order chi connectivity index (χ1) is 14.8. The molecule has 0 spiro atoms. The first kappa shape index (κ1) is 19.5. The highest BCUT2D eigenvalue weighted by molar-refractivity contribution is 7.17. The highest BCUT2D eigenvalue weighted by atomic mass is 32.1. The van der Waals surface area contributed by atoms with E-state index in [1.54, 1.807) is 29.9 Å². The second kappa shape index (κ2) is 7.07. The maximum Gasteiger partial charge on any atom is 0.573 e. The number of hydrogen-bond donors (Lipinski definition) is 1. The summed E-state index contributed by atoms with van der Waals surface area (Å²) in [7, 11) is 0. The van der Waals surface area contributed by atoms with E-state index in [1.165, 1.54) is 23.0 Å². The number of benzene rings is 1. The van der Waals surface area contributed by atoms with E-state index in [0.29, 0.717) is 17.3 Å². The van der Waals surface area contributed by atoms with Crippen LogP contribution in [-0.2, 0) is 0 Å². The summed E-state index contributed by atoms with van der Waals surface area (Å²) in [5.74, 6) is -0.196. The second-order valence-corrected chi connectivity index (χ2v) is 8.12. The van der Waals surface area contributed by atoms with Gasteiger partial charge in [0.05, 0.1) is 29.3 Å². The quantitative estimate of drug-likeness (QED) is 0.502. The molecule has 1 aromatic carbocycles. The Bertz CT molecular complexity index is 1310. The molecule has 8 nitrogen and oxygen atoms in total. The number of alkyl halides is 3. The van der Waals surface area contributed by atoms with Crippen LogP contribution in [0.25, 0.3) is 10.5 Å². The number of hydrogen-bond acceptors (Lipinski definition) is 7. The lowest BCUT2D eigenvalue weighted by atomic mass is 10.1. The molecule has 1 fully saturated rings. The van der Waals surface area contributed by atoms with Gasteiger partial charge in [0.25, 0.3) is 0 Å². The highest BCUT2D eigenvalue weighted by Gasteiger charge is 2.34. The molecule has 0 aliphatic heterocycles. The molecule has 12 heteroatoms. The molecule has 4 aromatic rings. The molecule has 1 aliphatic carbocycles. The molecule has 1 N–H and O–H groups in total. The summed E-state index contributed by atoms with van der Waals surface area (Å²) < 4.78 is 44.5. The Morgan fingerprint density at radius 2 is 2.13 bits per heavy atom. The normalized spacial score (nSPS) is 15.2. The van der Waals surface area contributed by atoms with Crippen molar-refractivity contribution in [1.29, 1.82) is 5.26 Å². The third-order valence-electron chi connectivity index (χ3n) is 4.90. The van der Waals surface area contributed by atoms with Crippen molar-refractivity contribution < 1.29 is 23.0 Å². The summed E-state index contributed by atoms with van der Waals surface area (Å²) in [5.41, 5.74) is 0.960. The number of nitrogens with zero attached hydrogens (tertiary/aromatic N) is 6. The van der Waals surface area contributed by atoms with Crippen molar-refractivity contribution in [1.82, 2.24) is 24.4 Å². The van der Waals surface area contributed by atoms with Crippen molar-refractivity contribution in [3.05, 3.63) is 58.7 Å². The topological polar surface area (TPSA) is 101 Å². The maximum absolute atomic E-state index is 12.5. The lowest BCUT2D eigenvalue weighted by Gasteiger charge is -2.11. The molecule has 0 radical (unpaired) electrons. The Morgan fingerprint density at radius 1 is 1.32 bits per heavy atom. The van der Waals surface area contributed by atoms with Gasteiger partial charge in [0.1, 0.15) is 34.8 Å². The van der Waals surface area contributed by atoms with Gasteiger partial charge in [-0.25, -0.2) is 9.67 Å². The molecule has 5 rings (SSSR count). The minimum absolute atomic E-state index is 0.268. The molecule has 1 saturated carbocycles. The Hall–Kier alpha value is -3.43. The van der Waals surface area contributed by atoms with Crippen molar-refractivity contribution in [2.45, 2.75) is 31.2 Å². The van der Waals surface area contributed by atoms with Crippen LogP contribution in [-0.4, -0.2) is 35.8 Å². The van der Waals surface area contributed by atoms with E-state index >= 15 is 0 Å². The Kier molecular flexibility index (Phi) is 4.45. The van der Waals surface area contributed by atoms with E-state index in [9.17, 15) is 23.5 Å². The number of fused-ring (bicyclic) bond motifs is 1. The predicted molar refractivity (Wildman–Crippen MR) is 102 cm³/mol. The van der Waals surface area contributed by atoms with Gasteiger partial charge in [-0.2, -0.15) is 5.26 Å². The lowest BCUT2D eigenvalue weighted by molar-refractivity contribution is -0.274. The van der Waals surface area contributed by atoms with Gasteiger partial charge in [0.2, 0.25) is 0 Å². The summed E-state index contributed by atoms with van der Waals surface area (Å²) in [4.78, 5) is 6.12. The fourth-order valence-corrected chi connectivity index (χ4v) is 4.66. The molecule has 1 aliphatic rings. The first-order valence-corrected chi connectivity index (χ1v) is 10.0. The maximum atomic E-state index is 12.5. The number of ether oxygens (including phenoxy) is 1. The average molecular weight is 446 g/mol. The average Bonchev–Trinajstić information content (AvgIpc) is 3.13. The molecule has 31 heavy (non-hydrogen) atoms. The van der Waals surface area contributed by atoms with E-state index in [-0.39, 0.29) is 11.3 Å². The Balaban J connectivity index is 1.48. The molecule has 0 bridgehead atoms. The van der Waals surface area contributed by atoms with Crippen LogP contribution in [0, 0.1) is 11.3 Å². The third kappa shape index (κ3) is 3.62. The van der Waals surface area contributed by atoms with Crippen LogP contribution < -0.4 is 4.74 Å². The smallest absolute Gasteiger partial charge is 0.404 e. The highest BCUT2D eigenvalue weighted by Crippen LogP contribution is 2.47. The van der Waals surface area contributed by atoms with Gasteiger partial charge in [-0.05, 0) is 37.0 Å². The summed E-state index contributed by atoms with van der Waals surface area (Å²) in [6.07, 6.45) is 1.00. The monoisotopic (exact) mass is 446 g/mol. The number of rotatable bonds is 5. The largest absolute Gasteiger partial charge is 0.573 e. The van der Waals surface area contributed by atoms with Gasteiger partial charge >= 0.3 is 6.36 Å². The first-order valence-electron chi connectivity index (χ1n) is 9.19. The zero-order valence-corrected chi connectivity index (χ0v) is 16.4. The van der Waals surface area contributed by atoms with E-state index in [0.717, 1.165) is 28.6 Å². The molecule has 1 atom stereocenters. The lowest BCUT2D eigenvalue weighted by Crippen LogP contribution is -2.18. The number of thiazole rings is 1. The number of aliphatic hydroxyl groups excluding tert-OH is 1. The summed E-state index contributed by atoms with van der Waals surface area (Å²) in [5, 5.41) is 28.2. The fraction of sp³-hybridized carbons (Fsp3) is 0.263. The third-order valence-corrected chi connectivity index (χ3v) is 6.18. The van der Waals surface area contributed by atoms with Gasteiger partial charge in [0.15, 0.2) is 0 Å². The minimum atomic E-state index is -4.91. The number of nitriles is 1. The molecule has 158 valence electrons. The van der Waals surface area contributed by atoms with E-state index in [2.05, 4.69) is 20.0 Å². The molecule has 0 saturated heterocycles. The van der Waals surface area contributed by atoms with E-state index in [1.807, 2.05) is 4.40 Å². The van der Waals surface area contributed by atoms with Crippen LogP contribution in [0.3, 0.4) is 0 Å². The number of imidazole rings is 1. The molecule has 3 heterocycles. The van der Waals surface area contributed by atoms with E-state index in [4.69, 9.17) is 0 Å². The predicted octanol–water partition coefficient (Wildman–Crippen LogP) is 3.71. The molecular weight excluding hydrogens is 433 g/mol. The van der Waals surface area contributed by atoms with Crippen molar-refractivity contribution in [2.24, 2.45) is 0 Å².